The monoisotopic (exact) mass is 252 g/mol. The second-order valence-electron chi connectivity index (χ2n) is 4.06. The Bertz CT molecular complexity index is 378. The minimum absolute atomic E-state index is 0.156. The molecule has 0 aromatic heterocycles. The maximum Gasteiger partial charge on any atom is 0.508 e. The predicted octanol–water partition coefficient (Wildman–Crippen LogP) is 1.49. The lowest BCUT2D eigenvalue weighted by molar-refractivity contribution is -0.0312. The van der Waals surface area contributed by atoms with Crippen LogP contribution in [0.5, 0.6) is 0 Å². The number of carbonyl (C=O) groups excluding carboxylic acids is 1. The van der Waals surface area contributed by atoms with Crippen LogP contribution in [0, 0.1) is 0 Å². The van der Waals surface area contributed by atoms with Crippen LogP contribution in [0.25, 0.3) is 0 Å². The van der Waals surface area contributed by atoms with E-state index < -0.39 is 18.4 Å². The summed E-state index contributed by atoms with van der Waals surface area (Å²) in [6.45, 7) is 0.509. The van der Waals surface area contributed by atoms with Crippen molar-refractivity contribution in [1.82, 2.24) is 0 Å². The van der Waals surface area contributed by atoms with E-state index in [0.29, 0.717) is 13.0 Å². The fourth-order valence-electron chi connectivity index (χ4n) is 1.81. The first kappa shape index (κ1) is 12.9. The molecule has 1 fully saturated rings. The second-order valence-corrected chi connectivity index (χ2v) is 4.06. The molecule has 1 aliphatic rings. The van der Waals surface area contributed by atoms with Crippen molar-refractivity contribution in [2.75, 3.05) is 13.2 Å². The van der Waals surface area contributed by atoms with Crippen LogP contribution >= 0.6 is 0 Å². The van der Waals surface area contributed by atoms with Crippen LogP contribution in [0.3, 0.4) is 0 Å². The molecule has 0 spiro atoms. The van der Waals surface area contributed by atoms with Crippen LogP contribution in [0.15, 0.2) is 30.3 Å². The van der Waals surface area contributed by atoms with Crippen LogP contribution in [0.2, 0.25) is 0 Å². The first-order valence-corrected chi connectivity index (χ1v) is 5.89. The van der Waals surface area contributed by atoms with E-state index in [2.05, 4.69) is 0 Å². The lowest BCUT2D eigenvalue weighted by atomic mass is 10.2. The van der Waals surface area contributed by atoms with E-state index in [4.69, 9.17) is 19.3 Å². The van der Waals surface area contributed by atoms with Gasteiger partial charge < -0.3 is 19.3 Å². The molecule has 2 unspecified atom stereocenters. The summed E-state index contributed by atoms with van der Waals surface area (Å²) in [5, 5.41) is 9.00. The Balaban J connectivity index is 1.75. The van der Waals surface area contributed by atoms with Crippen molar-refractivity contribution in [2.45, 2.75) is 25.2 Å². The number of aliphatic hydroxyl groups is 1. The number of hydrogen-bond donors (Lipinski definition) is 1. The molecule has 98 valence electrons. The van der Waals surface area contributed by atoms with Crippen molar-refractivity contribution < 1.29 is 24.1 Å². The van der Waals surface area contributed by atoms with E-state index in [9.17, 15) is 4.79 Å². The van der Waals surface area contributed by atoms with Crippen LogP contribution < -0.4 is 0 Å². The molecule has 5 nitrogen and oxygen atoms in total. The Morgan fingerprint density at radius 2 is 2.17 bits per heavy atom. The Morgan fingerprint density at radius 3 is 2.89 bits per heavy atom. The Labute approximate surface area is 105 Å². The third-order valence-corrected chi connectivity index (χ3v) is 2.78. The Kier molecular flexibility index (Phi) is 4.55. The third-order valence-electron chi connectivity index (χ3n) is 2.78. The summed E-state index contributed by atoms with van der Waals surface area (Å²) >= 11 is 0. The van der Waals surface area contributed by atoms with Gasteiger partial charge in [-0.15, -0.1) is 0 Å². The smallest absolute Gasteiger partial charge is 0.429 e. The van der Waals surface area contributed by atoms with E-state index in [0.717, 1.165) is 5.56 Å². The molecule has 1 N–H and O–H groups in total. The maximum absolute atomic E-state index is 11.5. The van der Waals surface area contributed by atoms with Crippen molar-refractivity contribution in [2.24, 2.45) is 0 Å². The van der Waals surface area contributed by atoms with Crippen LogP contribution in [-0.4, -0.2) is 36.7 Å². The number of aliphatic hydroxyl groups excluding tert-OH is 1. The molecule has 2 atom stereocenters. The predicted molar refractivity (Wildman–Crippen MR) is 62.9 cm³/mol. The number of carbonyl (C=O) groups is 1. The highest BCUT2D eigenvalue weighted by atomic mass is 16.7. The lowest BCUT2D eigenvalue weighted by Gasteiger charge is -2.16. The fraction of sp³-hybridized carbons (Fsp3) is 0.462. The quantitative estimate of drug-likeness (QED) is 0.822. The van der Waals surface area contributed by atoms with Gasteiger partial charge in [-0.05, 0) is 5.56 Å². The van der Waals surface area contributed by atoms with Gasteiger partial charge in [-0.3, -0.25) is 0 Å². The molecule has 2 rings (SSSR count). The number of ether oxygens (including phenoxy) is 3. The van der Waals surface area contributed by atoms with E-state index in [1.807, 2.05) is 30.3 Å². The van der Waals surface area contributed by atoms with Crippen LogP contribution in [0.4, 0.5) is 4.79 Å². The number of rotatable bonds is 4. The summed E-state index contributed by atoms with van der Waals surface area (Å²) in [4.78, 5) is 11.5. The summed E-state index contributed by atoms with van der Waals surface area (Å²) in [5.41, 5.74) is 0.899. The standard InChI is InChI=1S/C13H16O5/c14-8-12-11(6-7-16-12)18-13(15)17-9-10-4-2-1-3-5-10/h1-5,11-12,14H,6-9H2. The zero-order valence-corrected chi connectivity index (χ0v) is 9.95. The average molecular weight is 252 g/mol. The normalized spacial score (nSPS) is 22.7. The van der Waals surface area contributed by atoms with Gasteiger partial charge in [0.1, 0.15) is 18.8 Å². The molecule has 0 amide bonds. The minimum atomic E-state index is -0.729. The van der Waals surface area contributed by atoms with Gasteiger partial charge in [0, 0.05) is 6.42 Å². The van der Waals surface area contributed by atoms with Gasteiger partial charge in [0.25, 0.3) is 0 Å². The highest BCUT2D eigenvalue weighted by Crippen LogP contribution is 2.17. The van der Waals surface area contributed by atoms with E-state index in [1.54, 1.807) is 0 Å². The second kappa shape index (κ2) is 6.37. The molecule has 0 radical (unpaired) electrons. The number of benzene rings is 1. The van der Waals surface area contributed by atoms with Crippen molar-refractivity contribution in [3.8, 4) is 0 Å². The van der Waals surface area contributed by atoms with Crippen molar-refractivity contribution in [3.63, 3.8) is 0 Å². The van der Waals surface area contributed by atoms with Gasteiger partial charge in [0.15, 0.2) is 0 Å². The Hall–Kier alpha value is -1.59. The van der Waals surface area contributed by atoms with Gasteiger partial charge in [-0.1, -0.05) is 30.3 Å². The minimum Gasteiger partial charge on any atom is -0.429 e. The van der Waals surface area contributed by atoms with Crippen molar-refractivity contribution in [1.29, 1.82) is 0 Å². The van der Waals surface area contributed by atoms with Gasteiger partial charge in [-0.25, -0.2) is 4.79 Å². The average Bonchev–Trinajstić information content (AvgIpc) is 2.85. The van der Waals surface area contributed by atoms with Crippen molar-refractivity contribution >= 4 is 6.16 Å². The molecule has 1 saturated heterocycles. The summed E-state index contributed by atoms with van der Waals surface area (Å²) in [5.74, 6) is 0. The largest absolute Gasteiger partial charge is 0.508 e. The molecule has 1 heterocycles. The molecule has 5 heteroatoms. The highest BCUT2D eigenvalue weighted by molar-refractivity contribution is 5.60. The van der Waals surface area contributed by atoms with E-state index in [-0.39, 0.29) is 13.2 Å². The zero-order chi connectivity index (χ0) is 12.8. The van der Waals surface area contributed by atoms with Gasteiger partial charge in [0.05, 0.1) is 13.2 Å². The lowest BCUT2D eigenvalue weighted by Crippen LogP contribution is -2.30. The number of hydrogen-bond acceptors (Lipinski definition) is 5. The molecule has 1 aromatic carbocycles. The van der Waals surface area contributed by atoms with Gasteiger partial charge >= 0.3 is 6.16 Å². The first-order valence-electron chi connectivity index (χ1n) is 5.89. The zero-order valence-electron chi connectivity index (χ0n) is 9.95. The highest BCUT2D eigenvalue weighted by Gasteiger charge is 2.31. The fourth-order valence-corrected chi connectivity index (χ4v) is 1.81. The first-order chi connectivity index (χ1) is 8.79. The molecular weight excluding hydrogens is 236 g/mol. The summed E-state index contributed by atoms with van der Waals surface area (Å²) in [7, 11) is 0. The third kappa shape index (κ3) is 3.45. The van der Waals surface area contributed by atoms with Gasteiger partial charge in [0.2, 0.25) is 0 Å². The molecule has 0 saturated carbocycles. The summed E-state index contributed by atoms with van der Waals surface area (Å²) in [6, 6.07) is 9.36. The molecule has 18 heavy (non-hydrogen) atoms. The topological polar surface area (TPSA) is 65.0 Å². The van der Waals surface area contributed by atoms with E-state index >= 15 is 0 Å². The SMILES string of the molecule is O=C(OCc1ccccc1)OC1CCOC1CO. The molecular formula is C13H16O5. The molecule has 1 aromatic rings. The molecule has 1 aliphatic heterocycles. The summed E-state index contributed by atoms with van der Waals surface area (Å²) in [6.07, 6.45) is -0.994. The molecule has 0 aliphatic carbocycles. The molecule has 0 bridgehead atoms. The maximum atomic E-state index is 11.5. The Morgan fingerprint density at radius 1 is 1.39 bits per heavy atom. The van der Waals surface area contributed by atoms with E-state index in [1.165, 1.54) is 0 Å². The van der Waals surface area contributed by atoms with Crippen LogP contribution in [0.1, 0.15) is 12.0 Å². The van der Waals surface area contributed by atoms with Gasteiger partial charge in [-0.2, -0.15) is 0 Å². The van der Waals surface area contributed by atoms with Crippen molar-refractivity contribution in [3.05, 3.63) is 35.9 Å². The van der Waals surface area contributed by atoms with Crippen LogP contribution in [-0.2, 0) is 20.8 Å². The summed E-state index contributed by atoms with van der Waals surface area (Å²) < 4.78 is 15.3.